The Hall–Kier alpha value is 0.290. The van der Waals surface area contributed by atoms with E-state index in [9.17, 15) is 4.21 Å². The van der Waals surface area contributed by atoms with E-state index >= 15 is 0 Å². The molecule has 1 aliphatic rings. The van der Waals surface area contributed by atoms with Crippen LogP contribution in [0.3, 0.4) is 0 Å². The summed E-state index contributed by atoms with van der Waals surface area (Å²) in [5, 5.41) is 0. The molecule has 0 spiro atoms. The fourth-order valence-electron chi connectivity index (χ4n) is 0.758. The summed E-state index contributed by atoms with van der Waals surface area (Å²) >= 11 is 4.67. The van der Waals surface area contributed by atoms with Crippen molar-refractivity contribution < 1.29 is 8.95 Å². The van der Waals surface area contributed by atoms with Gasteiger partial charge in [-0.15, -0.1) is 0 Å². The van der Waals surface area contributed by atoms with E-state index in [1.165, 1.54) is 6.26 Å². The minimum Gasteiger partial charge on any atom is -0.371 e. The number of ether oxygens (including phenoxy) is 1. The molecule has 0 radical (unpaired) electrons. The molecule has 3 unspecified atom stereocenters. The summed E-state index contributed by atoms with van der Waals surface area (Å²) in [4.78, 5) is 0. The van der Waals surface area contributed by atoms with Crippen LogP contribution in [0.15, 0.2) is 0 Å². The van der Waals surface area contributed by atoms with Gasteiger partial charge in [0.2, 0.25) is 0 Å². The van der Waals surface area contributed by atoms with Crippen LogP contribution in [-0.2, 0) is 24.6 Å². The number of hydrogen-bond acceptors (Lipinski definition) is 3. The molecule has 1 heterocycles. The van der Waals surface area contributed by atoms with Crippen LogP contribution in [0.5, 0.6) is 0 Å². The van der Waals surface area contributed by atoms with Gasteiger partial charge in [-0.05, 0) is 18.1 Å². The molecule has 5 heteroatoms. The second kappa shape index (κ2) is 2.73. The Morgan fingerprint density at radius 2 is 2.40 bits per heavy atom. The lowest BCUT2D eigenvalue weighted by Gasteiger charge is -2.09. The first kappa shape index (κ1) is 8.39. The molecule has 1 rings (SSSR count). The maximum atomic E-state index is 11.0. The molecule has 3 atom stereocenters. The highest BCUT2D eigenvalue weighted by Crippen LogP contribution is 2.13. The maximum Gasteiger partial charge on any atom is 0.0969 e. The molecule has 0 saturated carbocycles. The van der Waals surface area contributed by atoms with E-state index in [0.717, 1.165) is 6.61 Å². The van der Waals surface area contributed by atoms with Crippen molar-refractivity contribution in [2.24, 2.45) is 0 Å². The SMILES string of the molecule is CC(NS(C)(=O)=S)C1CO1. The largest absolute Gasteiger partial charge is 0.371 e. The normalized spacial score (nSPS) is 32.8. The molecule has 1 fully saturated rings. The maximum absolute atomic E-state index is 11.0. The molecular weight excluding hydrogens is 170 g/mol. The number of hydrogen-bond donors (Lipinski definition) is 1. The van der Waals surface area contributed by atoms with Crippen molar-refractivity contribution >= 4 is 19.9 Å². The van der Waals surface area contributed by atoms with Gasteiger partial charge in [-0.3, -0.25) is 0 Å². The van der Waals surface area contributed by atoms with Crippen molar-refractivity contribution in [2.45, 2.75) is 19.1 Å². The molecule has 0 amide bonds. The second-order valence-corrected chi connectivity index (χ2v) is 6.24. The van der Waals surface area contributed by atoms with Crippen LogP contribution < -0.4 is 4.72 Å². The van der Waals surface area contributed by atoms with Gasteiger partial charge in [0.25, 0.3) is 0 Å². The Morgan fingerprint density at radius 1 is 1.90 bits per heavy atom. The number of epoxide rings is 1. The summed E-state index contributed by atoms with van der Waals surface area (Å²) in [5.74, 6) is 0. The lowest BCUT2D eigenvalue weighted by atomic mass is 10.3. The highest BCUT2D eigenvalue weighted by atomic mass is 32.8. The van der Waals surface area contributed by atoms with Crippen LogP contribution in [-0.4, -0.2) is 29.2 Å². The van der Waals surface area contributed by atoms with Crippen molar-refractivity contribution in [2.75, 3.05) is 12.9 Å². The van der Waals surface area contributed by atoms with Gasteiger partial charge in [-0.2, -0.15) is 0 Å². The van der Waals surface area contributed by atoms with E-state index in [1.54, 1.807) is 0 Å². The Kier molecular flexibility index (Phi) is 2.29. The Bertz CT molecular complexity index is 208. The Labute approximate surface area is 65.9 Å². The van der Waals surface area contributed by atoms with Crippen molar-refractivity contribution in [1.82, 2.24) is 4.72 Å². The standard InChI is InChI=1S/C5H11NO2S2/c1-4(5-3-8-5)6-10(2,7)9/h4-6H,3H2,1-2H3. The van der Waals surface area contributed by atoms with E-state index < -0.39 is 8.68 Å². The Balaban J connectivity index is 2.37. The zero-order chi connectivity index (χ0) is 7.78. The van der Waals surface area contributed by atoms with Crippen LogP contribution in [0.4, 0.5) is 0 Å². The van der Waals surface area contributed by atoms with Crippen LogP contribution in [0.1, 0.15) is 6.92 Å². The summed E-state index contributed by atoms with van der Waals surface area (Å²) in [5.41, 5.74) is 0. The molecule has 60 valence electrons. The smallest absolute Gasteiger partial charge is 0.0969 e. The average Bonchev–Trinajstić information content (AvgIpc) is 2.35. The average molecular weight is 181 g/mol. The van der Waals surface area contributed by atoms with E-state index in [-0.39, 0.29) is 12.1 Å². The van der Waals surface area contributed by atoms with E-state index in [4.69, 9.17) is 4.74 Å². The summed E-state index contributed by atoms with van der Waals surface area (Å²) in [6.45, 7) is 2.69. The van der Waals surface area contributed by atoms with Crippen LogP contribution in [0.25, 0.3) is 0 Å². The summed E-state index contributed by atoms with van der Waals surface area (Å²) in [7, 11) is -2.23. The van der Waals surface area contributed by atoms with E-state index in [0.29, 0.717) is 0 Å². The first-order chi connectivity index (χ1) is 4.49. The summed E-state index contributed by atoms with van der Waals surface area (Å²) in [6, 6.07) is 0.120. The highest BCUT2D eigenvalue weighted by Gasteiger charge is 2.30. The zero-order valence-electron chi connectivity index (χ0n) is 5.99. The third-order valence-corrected chi connectivity index (χ3v) is 2.41. The van der Waals surface area contributed by atoms with Gasteiger partial charge in [0, 0.05) is 12.3 Å². The molecule has 0 aromatic heterocycles. The van der Waals surface area contributed by atoms with Gasteiger partial charge in [-0.25, -0.2) is 8.93 Å². The predicted molar refractivity (Wildman–Crippen MR) is 43.8 cm³/mol. The minimum absolute atomic E-state index is 0.120. The monoisotopic (exact) mass is 181 g/mol. The second-order valence-electron chi connectivity index (χ2n) is 2.55. The van der Waals surface area contributed by atoms with Crippen molar-refractivity contribution in [3.63, 3.8) is 0 Å². The number of nitrogens with one attached hydrogen (secondary N) is 1. The van der Waals surface area contributed by atoms with Gasteiger partial charge >= 0.3 is 0 Å². The molecule has 3 nitrogen and oxygen atoms in total. The van der Waals surface area contributed by atoms with Gasteiger partial charge in [0.15, 0.2) is 0 Å². The Morgan fingerprint density at radius 3 is 2.70 bits per heavy atom. The first-order valence-electron chi connectivity index (χ1n) is 3.08. The predicted octanol–water partition coefficient (Wildman–Crippen LogP) is -0.346. The van der Waals surface area contributed by atoms with Crippen LogP contribution in [0, 0.1) is 0 Å². The molecule has 1 aliphatic heterocycles. The van der Waals surface area contributed by atoms with Gasteiger partial charge in [0.1, 0.15) is 0 Å². The third kappa shape index (κ3) is 2.92. The van der Waals surface area contributed by atoms with Gasteiger partial charge in [0.05, 0.1) is 21.4 Å². The van der Waals surface area contributed by atoms with Crippen molar-refractivity contribution in [3.8, 4) is 0 Å². The molecule has 0 aromatic rings. The molecular formula is C5H11NO2S2. The molecule has 0 aliphatic carbocycles. The summed E-state index contributed by atoms with van der Waals surface area (Å²) < 4.78 is 18.8. The first-order valence-corrected chi connectivity index (χ1v) is 5.97. The topological polar surface area (TPSA) is 41.6 Å². The molecule has 10 heavy (non-hydrogen) atoms. The molecule has 1 saturated heterocycles. The summed E-state index contributed by atoms with van der Waals surface area (Å²) in [6.07, 6.45) is 1.74. The molecule has 0 bridgehead atoms. The lowest BCUT2D eigenvalue weighted by molar-refractivity contribution is 0.373. The molecule has 0 aromatic carbocycles. The fourth-order valence-corrected chi connectivity index (χ4v) is 2.04. The van der Waals surface area contributed by atoms with Gasteiger partial charge < -0.3 is 4.74 Å². The van der Waals surface area contributed by atoms with Crippen molar-refractivity contribution in [1.29, 1.82) is 0 Å². The van der Waals surface area contributed by atoms with E-state index in [1.807, 2.05) is 6.92 Å². The minimum atomic E-state index is -2.23. The number of rotatable bonds is 3. The van der Waals surface area contributed by atoms with Crippen LogP contribution >= 0.6 is 0 Å². The molecule has 1 N–H and O–H groups in total. The van der Waals surface area contributed by atoms with E-state index in [2.05, 4.69) is 15.9 Å². The highest BCUT2D eigenvalue weighted by molar-refractivity contribution is 8.31. The van der Waals surface area contributed by atoms with Crippen molar-refractivity contribution in [3.05, 3.63) is 0 Å². The van der Waals surface area contributed by atoms with Gasteiger partial charge in [-0.1, -0.05) is 0 Å². The fraction of sp³-hybridized carbons (Fsp3) is 1.00. The zero-order valence-corrected chi connectivity index (χ0v) is 7.63. The third-order valence-electron chi connectivity index (χ3n) is 1.32. The lowest BCUT2D eigenvalue weighted by Crippen LogP contribution is -2.34. The van der Waals surface area contributed by atoms with Crippen LogP contribution in [0.2, 0.25) is 0 Å². The quantitative estimate of drug-likeness (QED) is 0.605.